The van der Waals surface area contributed by atoms with Crippen LogP contribution in [0, 0.1) is 46.6 Å². The molecule has 3 aromatic carbocycles. The maximum Gasteiger partial charge on any atom is 0.413 e. The molecule has 3 aromatic rings. The van der Waals surface area contributed by atoms with Gasteiger partial charge in [0, 0.05) is 34.5 Å². The van der Waals surface area contributed by atoms with Crippen LogP contribution >= 0.6 is 23.5 Å². The van der Waals surface area contributed by atoms with Crippen molar-refractivity contribution in [3.63, 3.8) is 0 Å². The Bertz CT molecular complexity index is 2690. The number of carbonyl (C=O) groups excluding carboxylic acids is 6. The number of rotatable bonds is 18. The molecule has 7 rings (SSSR count). The summed E-state index contributed by atoms with van der Waals surface area (Å²) in [5, 5.41) is 36.0. The van der Waals surface area contributed by atoms with E-state index >= 15 is 0 Å². The number of nitrogens with two attached hydrogens (primary N) is 1. The van der Waals surface area contributed by atoms with Gasteiger partial charge in [0.1, 0.15) is 23.9 Å². The molecule has 4 aliphatic heterocycles. The minimum absolute atomic E-state index is 0.0159. The van der Waals surface area contributed by atoms with E-state index in [9.17, 15) is 58.7 Å². The van der Waals surface area contributed by atoms with Crippen LogP contribution in [0.25, 0.3) is 0 Å². The number of carboxylic acids is 2. The van der Waals surface area contributed by atoms with Crippen molar-refractivity contribution in [3.05, 3.63) is 106 Å². The molecule has 23 heteroatoms. The Kier molecular flexibility index (Phi) is 22.6. The highest BCUT2D eigenvalue weighted by Crippen LogP contribution is 2.55. The SMILES string of the molecule is C#CCNC(=O)N[C@@H](C(=O)C[C@@H]1C(=O)N2[C@@H]1SC(C)(C)[C@@H]2C(=O)O)c1ccccc1.C#CCNC(=O)Oc1ccc([N+](=O)[O-])cc1.CC1(C)S[C@@H]2[C@H](CC(=O)[C@H](N)c3ccccc3)C(=O)N2[C@H]1C(=O)O.CCN(CC)CC. The minimum atomic E-state index is -1.05. The van der Waals surface area contributed by atoms with Crippen LogP contribution in [0.1, 0.15) is 84.5 Å². The molecule has 4 fully saturated rings. The van der Waals surface area contributed by atoms with Gasteiger partial charge in [0.15, 0.2) is 11.6 Å². The lowest BCUT2D eigenvalue weighted by atomic mass is 9.86. The number of hydrogen-bond acceptors (Lipinski definition) is 15. The van der Waals surface area contributed by atoms with Crippen LogP contribution in [0.5, 0.6) is 5.75 Å². The summed E-state index contributed by atoms with van der Waals surface area (Å²) >= 11 is 2.84. The van der Waals surface area contributed by atoms with Crippen molar-refractivity contribution in [1.29, 1.82) is 0 Å². The van der Waals surface area contributed by atoms with Crippen molar-refractivity contribution in [1.82, 2.24) is 30.7 Å². The predicted octanol–water partition coefficient (Wildman–Crippen LogP) is 5.46. The summed E-state index contributed by atoms with van der Waals surface area (Å²) in [5.74, 6) is 0.405. The van der Waals surface area contributed by atoms with Gasteiger partial charge in [0.05, 0.1) is 46.6 Å². The van der Waals surface area contributed by atoms with Crippen LogP contribution in [0.3, 0.4) is 0 Å². The Morgan fingerprint density at radius 3 is 1.56 bits per heavy atom. The van der Waals surface area contributed by atoms with E-state index in [1.165, 1.54) is 77.2 Å². The van der Waals surface area contributed by atoms with Gasteiger partial charge >= 0.3 is 24.1 Å². The van der Waals surface area contributed by atoms with Gasteiger partial charge in [-0.25, -0.2) is 19.2 Å². The number of benzene rings is 3. The van der Waals surface area contributed by atoms with Crippen molar-refractivity contribution < 1.29 is 58.2 Å². The molecule has 5 amide bonds. The normalized spacial score (nSPS) is 21.4. The van der Waals surface area contributed by atoms with Crippen LogP contribution in [0.2, 0.25) is 0 Å². The Balaban J connectivity index is 0.000000243. The molecular formula is C54H66N8O13S2. The number of β-lactam (4-membered cyclic amide) rings is 2. The molecular weight excluding hydrogens is 1030 g/mol. The van der Waals surface area contributed by atoms with Crippen LogP contribution in [-0.4, -0.2) is 142 Å². The highest BCUT2D eigenvalue weighted by atomic mass is 32.2. The number of thioether (sulfide) groups is 2. The third-order valence-corrected chi connectivity index (χ3v) is 16.2. The summed E-state index contributed by atoms with van der Waals surface area (Å²) in [4.78, 5) is 112. The summed E-state index contributed by atoms with van der Waals surface area (Å²) in [6, 6.07) is 18.8. The van der Waals surface area contributed by atoms with Gasteiger partial charge in [0.25, 0.3) is 5.69 Å². The molecule has 7 N–H and O–H groups in total. The minimum Gasteiger partial charge on any atom is -0.480 e. The van der Waals surface area contributed by atoms with Crippen LogP contribution in [0.15, 0.2) is 84.9 Å². The molecule has 4 heterocycles. The van der Waals surface area contributed by atoms with Crippen molar-refractivity contribution in [2.24, 2.45) is 17.6 Å². The van der Waals surface area contributed by atoms with E-state index in [0.29, 0.717) is 11.1 Å². The summed E-state index contributed by atoms with van der Waals surface area (Å²) < 4.78 is 3.55. The van der Waals surface area contributed by atoms with Crippen LogP contribution in [0.4, 0.5) is 15.3 Å². The fourth-order valence-electron chi connectivity index (χ4n) is 8.96. The number of carbonyl (C=O) groups is 8. The molecule has 0 saturated carbocycles. The molecule has 0 bridgehead atoms. The quantitative estimate of drug-likeness (QED) is 0.0399. The molecule has 412 valence electrons. The number of nitrogens with one attached hydrogen (secondary N) is 3. The number of ketones is 2. The molecule has 0 unspecified atom stereocenters. The Morgan fingerprint density at radius 2 is 1.16 bits per heavy atom. The number of nitrogens with zero attached hydrogens (tertiary/aromatic N) is 4. The van der Waals surface area contributed by atoms with Crippen molar-refractivity contribution in [2.45, 2.75) is 106 Å². The second-order valence-corrected chi connectivity index (χ2v) is 22.4. The lowest BCUT2D eigenvalue weighted by Crippen LogP contribution is -2.63. The number of terminal acetylenes is 2. The first kappa shape index (κ1) is 62.1. The number of amides is 5. The molecule has 77 heavy (non-hydrogen) atoms. The van der Waals surface area contributed by atoms with E-state index in [4.69, 9.17) is 23.3 Å². The average molecular weight is 1100 g/mol. The number of urea groups is 1. The first-order chi connectivity index (χ1) is 36.4. The van der Waals surface area contributed by atoms with Gasteiger partial charge in [-0.3, -0.25) is 29.3 Å². The number of fused-ring (bicyclic) bond motifs is 2. The van der Waals surface area contributed by atoms with E-state index in [1.54, 1.807) is 56.3 Å². The lowest BCUT2D eigenvalue weighted by Gasteiger charge is -2.43. The number of carboxylic acid groups (broad SMARTS) is 2. The van der Waals surface area contributed by atoms with Gasteiger partial charge in [-0.1, -0.05) is 93.3 Å². The zero-order valence-electron chi connectivity index (χ0n) is 43.9. The molecule has 0 aromatic heterocycles. The molecule has 4 saturated heterocycles. The van der Waals surface area contributed by atoms with Gasteiger partial charge in [-0.05, 0) is 70.6 Å². The van der Waals surface area contributed by atoms with Crippen LogP contribution < -0.4 is 26.4 Å². The topological polar surface area (TPSA) is 301 Å². The van der Waals surface area contributed by atoms with Crippen molar-refractivity contribution >= 4 is 76.7 Å². The monoisotopic (exact) mass is 1100 g/mol. The molecule has 4 aliphatic rings. The second-order valence-electron chi connectivity index (χ2n) is 18.8. The third-order valence-electron chi connectivity index (χ3n) is 12.9. The molecule has 21 nitrogen and oxygen atoms in total. The van der Waals surface area contributed by atoms with E-state index in [2.05, 4.69) is 53.5 Å². The summed E-state index contributed by atoms with van der Waals surface area (Å²) in [5.41, 5.74) is 7.23. The Hall–Kier alpha value is -7.44. The first-order valence-corrected chi connectivity index (χ1v) is 26.3. The Labute approximate surface area is 456 Å². The summed E-state index contributed by atoms with van der Waals surface area (Å²) in [6.07, 6.45) is 9.32. The zero-order valence-corrected chi connectivity index (χ0v) is 45.5. The van der Waals surface area contributed by atoms with E-state index < -0.39 is 74.5 Å². The maximum absolute atomic E-state index is 13.1. The lowest BCUT2D eigenvalue weighted by molar-refractivity contribution is -0.384. The van der Waals surface area contributed by atoms with Gasteiger partial charge < -0.3 is 51.3 Å². The number of aliphatic carboxylic acids is 2. The summed E-state index contributed by atoms with van der Waals surface area (Å²) in [6.45, 7) is 17.4. The molecule has 0 spiro atoms. The largest absolute Gasteiger partial charge is 0.480 e. The Morgan fingerprint density at radius 1 is 0.727 bits per heavy atom. The third kappa shape index (κ3) is 15.8. The fraction of sp³-hybridized carbons (Fsp3) is 0.444. The van der Waals surface area contributed by atoms with Gasteiger partial charge in [0.2, 0.25) is 11.8 Å². The standard InChI is InChI=1S/C21H23N3O5S.C17H20N2O4S.C10H8N2O4.C6H15N/c1-4-10-22-20(29)23-15(12-8-6-5-7-9-12)14(25)11-13-17(26)24-16(19(27)28)21(2,3)30-18(13)24;1-17(2)13(16(22)23)19-14(21)10(15(19)24-17)8-11(20)12(18)9-6-4-3-5-7-9;1-2-7-11-10(13)16-9-5-3-8(4-6-9)12(14)15;1-4-7(5-2)6-3/h1,5-9,13,15-16,18H,10-11H2,2-3H3,(H,27,28)(H2,22,23,29);3-7,10,12-13,15H,8,18H2,1-2H3,(H,22,23);1,3-6H,7H2,(H,11,13);4-6H2,1-3H3/t13-,15-,16+,18-;10-,12-,13+,15-;;/m11../s1. The van der Waals surface area contributed by atoms with Crippen molar-refractivity contribution in [2.75, 3.05) is 32.7 Å². The fourth-order valence-corrected chi connectivity index (χ4v) is 12.3. The van der Waals surface area contributed by atoms with Crippen molar-refractivity contribution in [3.8, 4) is 30.4 Å². The molecule has 0 radical (unpaired) electrons. The number of hydrogen-bond donors (Lipinski definition) is 6. The van der Waals surface area contributed by atoms with E-state index in [-0.39, 0.29) is 71.5 Å². The zero-order chi connectivity index (χ0) is 57.4. The van der Waals surface area contributed by atoms with E-state index in [0.717, 1.165) is 0 Å². The highest BCUT2D eigenvalue weighted by molar-refractivity contribution is 8.02. The maximum atomic E-state index is 13.1. The highest BCUT2D eigenvalue weighted by Gasteiger charge is 2.65. The second kappa shape index (κ2) is 28.1. The number of Topliss-reactive ketones (excluding diaryl/α,β-unsaturated/α-hetero) is 2. The van der Waals surface area contributed by atoms with E-state index in [1.807, 2.05) is 32.0 Å². The number of non-ortho nitro benzene ring substituents is 1. The number of ether oxygens (including phenoxy) is 1. The molecule has 8 atom stereocenters. The van der Waals surface area contributed by atoms with Gasteiger partial charge in [-0.15, -0.1) is 36.4 Å². The smallest absolute Gasteiger partial charge is 0.413 e. The first-order valence-electron chi connectivity index (χ1n) is 24.6. The summed E-state index contributed by atoms with van der Waals surface area (Å²) in [7, 11) is 0. The molecule has 0 aliphatic carbocycles. The average Bonchev–Trinajstić information content (AvgIpc) is 3.97. The number of nitro groups is 1. The van der Waals surface area contributed by atoms with Gasteiger partial charge in [-0.2, -0.15) is 0 Å². The predicted molar refractivity (Wildman–Crippen MR) is 291 cm³/mol. The van der Waals surface area contributed by atoms with Crippen LogP contribution in [-0.2, 0) is 28.8 Å². The number of nitro benzene ring substituents is 1.